The Balaban J connectivity index is 1.74. The molecule has 0 unspecified atom stereocenters. The molecular formula is C18H27N2O4+. The molecule has 2 atom stereocenters. The van der Waals surface area contributed by atoms with Gasteiger partial charge in [-0.1, -0.05) is 27.7 Å². The summed E-state index contributed by atoms with van der Waals surface area (Å²) in [5, 5.41) is 0. The van der Waals surface area contributed by atoms with Gasteiger partial charge in [-0.2, -0.15) is 0 Å². The van der Waals surface area contributed by atoms with Crippen molar-refractivity contribution in [3.8, 4) is 0 Å². The van der Waals surface area contributed by atoms with Gasteiger partial charge in [0.25, 0.3) is 0 Å². The van der Waals surface area contributed by atoms with Crippen molar-refractivity contribution >= 4 is 5.97 Å². The van der Waals surface area contributed by atoms with E-state index in [9.17, 15) is 4.79 Å². The first-order valence-electron chi connectivity index (χ1n) is 8.62. The number of rotatable bonds is 5. The monoisotopic (exact) mass is 335 g/mol. The Morgan fingerprint density at radius 1 is 1.29 bits per heavy atom. The lowest BCUT2D eigenvalue weighted by atomic mass is 9.99. The Labute approximate surface area is 143 Å². The van der Waals surface area contributed by atoms with E-state index in [-0.39, 0.29) is 24.0 Å². The summed E-state index contributed by atoms with van der Waals surface area (Å²) in [5.74, 6) is 0.399. The third-order valence-electron chi connectivity index (χ3n) is 4.89. The lowest BCUT2D eigenvalue weighted by Gasteiger charge is -2.33. The molecule has 2 aliphatic heterocycles. The molecule has 0 saturated carbocycles. The van der Waals surface area contributed by atoms with E-state index in [1.165, 1.54) is 11.1 Å². The second kappa shape index (κ2) is 6.78. The van der Waals surface area contributed by atoms with Crippen LogP contribution >= 0.6 is 0 Å². The first kappa shape index (κ1) is 17.3. The molecule has 3 heterocycles. The van der Waals surface area contributed by atoms with Crippen LogP contribution in [0, 0.1) is 11.8 Å². The molecule has 0 spiro atoms. The number of ether oxygens (including phenoxy) is 3. The van der Waals surface area contributed by atoms with Crippen LogP contribution in [0.5, 0.6) is 0 Å². The van der Waals surface area contributed by atoms with E-state index in [0.29, 0.717) is 37.2 Å². The maximum atomic E-state index is 12.3. The number of carbonyl (C=O) groups excluding carboxylic acids is 1. The van der Waals surface area contributed by atoms with Gasteiger partial charge in [-0.3, -0.25) is 9.88 Å². The van der Waals surface area contributed by atoms with E-state index >= 15 is 0 Å². The minimum absolute atomic E-state index is 0.0667. The molecule has 0 bridgehead atoms. The Kier molecular flexibility index (Phi) is 4.90. The summed E-state index contributed by atoms with van der Waals surface area (Å²) in [4.78, 5) is 17.5. The normalized spacial score (nSPS) is 32.3. The Bertz CT molecular complexity index is 556. The van der Waals surface area contributed by atoms with Gasteiger partial charge in [0.15, 0.2) is 24.6 Å². The van der Waals surface area contributed by atoms with Gasteiger partial charge in [0.05, 0.1) is 5.56 Å². The topological polar surface area (TPSA) is 62.1 Å². The summed E-state index contributed by atoms with van der Waals surface area (Å²) in [6.45, 7) is 10.0. The molecule has 6 heteroatoms. The Hall–Kier alpha value is -1.50. The molecule has 2 aliphatic rings. The molecule has 1 aromatic rings. The van der Waals surface area contributed by atoms with Crippen LogP contribution in [0.25, 0.3) is 0 Å². The number of nitrogens with one attached hydrogen (secondary N) is 1. The van der Waals surface area contributed by atoms with Gasteiger partial charge < -0.3 is 14.2 Å². The summed E-state index contributed by atoms with van der Waals surface area (Å²) in [6, 6.07) is 3.44. The van der Waals surface area contributed by atoms with Crippen LogP contribution in [0.15, 0.2) is 24.5 Å². The number of hydrogen-bond acceptors (Lipinski definition) is 5. The minimum atomic E-state index is -0.349. The summed E-state index contributed by atoms with van der Waals surface area (Å²) in [7, 11) is 0. The SMILES string of the molecule is CC(C)[C@@H]1OCC2(COC(=O)c3cccnc3)CO[C@@H](C(C)C)[NH+]12. The van der Waals surface area contributed by atoms with Crippen molar-refractivity contribution in [2.75, 3.05) is 19.8 Å². The van der Waals surface area contributed by atoms with Gasteiger partial charge in [-0.15, -0.1) is 0 Å². The maximum Gasteiger partial charge on any atom is 0.339 e. The smallest absolute Gasteiger partial charge is 0.339 e. The number of carbonyl (C=O) groups is 1. The van der Waals surface area contributed by atoms with Crippen LogP contribution in [0.3, 0.4) is 0 Å². The average Bonchev–Trinajstić information content (AvgIpc) is 3.10. The van der Waals surface area contributed by atoms with Gasteiger partial charge in [-0.05, 0) is 12.1 Å². The van der Waals surface area contributed by atoms with E-state index in [4.69, 9.17) is 14.2 Å². The largest absolute Gasteiger partial charge is 0.455 e. The zero-order valence-corrected chi connectivity index (χ0v) is 14.8. The highest BCUT2D eigenvalue weighted by molar-refractivity contribution is 5.88. The van der Waals surface area contributed by atoms with Crippen LogP contribution in [-0.4, -0.2) is 48.8 Å². The number of quaternary nitrogens is 1. The van der Waals surface area contributed by atoms with Crippen molar-refractivity contribution in [1.29, 1.82) is 0 Å². The maximum absolute atomic E-state index is 12.3. The summed E-state index contributed by atoms with van der Waals surface area (Å²) in [5.41, 5.74) is 0.149. The molecule has 0 aliphatic carbocycles. The predicted molar refractivity (Wildman–Crippen MR) is 87.4 cm³/mol. The van der Waals surface area contributed by atoms with E-state index in [2.05, 4.69) is 32.7 Å². The molecule has 132 valence electrons. The fraction of sp³-hybridized carbons (Fsp3) is 0.667. The van der Waals surface area contributed by atoms with Gasteiger partial charge in [0.2, 0.25) is 0 Å². The summed E-state index contributed by atoms with van der Waals surface area (Å²) < 4.78 is 17.8. The molecule has 0 radical (unpaired) electrons. The van der Waals surface area contributed by atoms with E-state index in [0.717, 1.165) is 0 Å². The highest BCUT2D eigenvalue weighted by Gasteiger charge is 2.62. The molecule has 2 fully saturated rings. The van der Waals surface area contributed by atoms with Crippen molar-refractivity contribution in [3.63, 3.8) is 0 Å². The number of aromatic nitrogens is 1. The van der Waals surface area contributed by atoms with Gasteiger partial charge in [0, 0.05) is 24.2 Å². The van der Waals surface area contributed by atoms with Crippen LogP contribution in [0.2, 0.25) is 0 Å². The first-order chi connectivity index (χ1) is 11.4. The molecule has 24 heavy (non-hydrogen) atoms. The van der Waals surface area contributed by atoms with Gasteiger partial charge >= 0.3 is 5.97 Å². The fourth-order valence-corrected chi connectivity index (χ4v) is 3.69. The molecule has 1 N–H and O–H groups in total. The first-order valence-corrected chi connectivity index (χ1v) is 8.62. The van der Waals surface area contributed by atoms with E-state index in [1.807, 2.05) is 0 Å². The quantitative estimate of drug-likeness (QED) is 0.810. The number of hydrogen-bond donors (Lipinski definition) is 1. The van der Waals surface area contributed by atoms with Crippen LogP contribution in [-0.2, 0) is 14.2 Å². The van der Waals surface area contributed by atoms with Crippen molar-refractivity contribution in [2.24, 2.45) is 11.8 Å². The van der Waals surface area contributed by atoms with Crippen molar-refractivity contribution in [3.05, 3.63) is 30.1 Å². The molecule has 2 saturated heterocycles. The zero-order valence-electron chi connectivity index (χ0n) is 14.8. The molecule has 0 aromatic carbocycles. The molecule has 3 rings (SSSR count). The molecule has 0 amide bonds. The van der Waals surface area contributed by atoms with E-state index < -0.39 is 0 Å². The van der Waals surface area contributed by atoms with Crippen LogP contribution < -0.4 is 4.90 Å². The lowest BCUT2D eigenvalue weighted by Crippen LogP contribution is -3.24. The third-order valence-corrected chi connectivity index (χ3v) is 4.89. The Morgan fingerprint density at radius 3 is 2.42 bits per heavy atom. The van der Waals surface area contributed by atoms with Crippen molar-refractivity contribution in [1.82, 2.24) is 4.98 Å². The second-order valence-electron chi connectivity index (χ2n) is 7.50. The third kappa shape index (κ3) is 3.06. The highest BCUT2D eigenvalue weighted by atomic mass is 16.6. The highest BCUT2D eigenvalue weighted by Crippen LogP contribution is 2.24. The molecule has 1 aromatic heterocycles. The number of nitrogens with zero attached hydrogens (tertiary/aromatic N) is 1. The van der Waals surface area contributed by atoms with Gasteiger partial charge in [-0.25, -0.2) is 4.79 Å². The average molecular weight is 335 g/mol. The van der Waals surface area contributed by atoms with Crippen LogP contribution in [0.4, 0.5) is 0 Å². The lowest BCUT2D eigenvalue weighted by molar-refractivity contribution is -0.995. The fourth-order valence-electron chi connectivity index (χ4n) is 3.69. The predicted octanol–water partition coefficient (Wildman–Crippen LogP) is 0.887. The number of pyridine rings is 1. The van der Waals surface area contributed by atoms with Crippen LogP contribution in [0.1, 0.15) is 38.1 Å². The minimum Gasteiger partial charge on any atom is -0.455 e. The van der Waals surface area contributed by atoms with Crippen molar-refractivity contribution in [2.45, 2.75) is 45.7 Å². The zero-order chi connectivity index (χ0) is 17.3. The number of esters is 1. The Morgan fingerprint density at radius 2 is 1.92 bits per heavy atom. The standard InChI is InChI=1S/C18H26N2O4/c1-12(2)15-20-16(13(3)4)23-10-18(20,9-22-15)11-24-17(21)14-6-5-7-19-8-14/h5-8,12-13,15-16H,9-11H2,1-4H3/p+1/t15-,16-/m0/s1. The molecule has 6 nitrogen and oxygen atoms in total. The summed E-state index contributed by atoms with van der Waals surface area (Å²) >= 11 is 0. The van der Waals surface area contributed by atoms with E-state index in [1.54, 1.807) is 18.3 Å². The number of fused-ring (bicyclic) bond motifs is 1. The van der Waals surface area contributed by atoms with Gasteiger partial charge in [0.1, 0.15) is 13.2 Å². The second-order valence-corrected chi connectivity index (χ2v) is 7.50. The van der Waals surface area contributed by atoms with Crippen molar-refractivity contribution < 1.29 is 23.9 Å². The summed E-state index contributed by atoms with van der Waals surface area (Å²) in [6.07, 6.45) is 3.29. The molecular weight excluding hydrogens is 308 g/mol.